The zero-order valence-corrected chi connectivity index (χ0v) is 9.43. The summed E-state index contributed by atoms with van der Waals surface area (Å²) in [5, 5.41) is 0. The summed E-state index contributed by atoms with van der Waals surface area (Å²) in [6, 6.07) is 0.0565. The Morgan fingerprint density at radius 1 is 1.27 bits per heavy atom. The molecule has 0 aromatic rings. The first-order valence-electron chi connectivity index (χ1n) is 5.56. The number of hydrogen-bond donors (Lipinski definition) is 0. The van der Waals surface area contributed by atoms with Gasteiger partial charge in [0.25, 0.3) is 0 Å². The minimum atomic E-state index is -4.69. The van der Waals surface area contributed by atoms with Crippen molar-refractivity contribution in [1.82, 2.24) is 9.80 Å². The molecule has 0 N–H and O–H groups in total. The zero-order chi connectivity index (χ0) is 11.5. The van der Waals surface area contributed by atoms with Gasteiger partial charge in [-0.15, -0.1) is 0 Å². The zero-order valence-electron chi connectivity index (χ0n) is 9.43. The van der Waals surface area contributed by atoms with Gasteiger partial charge >= 0.3 is 6.98 Å². The Kier molecular flexibility index (Phi) is 4.46. The minimum Gasteiger partial charge on any atom is -0.448 e. The topological polar surface area (TPSA) is 6.48 Å². The molecule has 0 radical (unpaired) electrons. The van der Waals surface area contributed by atoms with Crippen LogP contribution in [0.1, 0.15) is 19.8 Å². The third-order valence-corrected chi connectivity index (χ3v) is 2.94. The van der Waals surface area contributed by atoms with E-state index in [0.717, 1.165) is 25.9 Å². The summed E-state index contributed by atoms with van der Waals surface area (Å²) >= 11 is 0. The predicted molar refractivity (Wildman–Crippen MR) is 56.8 cm³/mol. The van der Waals surface area contributed by atoms with Crippen LogP contribution in [-0.4, -0.2) is 55.9 Å². The average Bonchev–Trinajstić information content (AvgIpc) is 2.25. The first-order valence-corrected chi connectivity index (χ1v) is 5.56. The highest BCUT2D eigenvalue weighted by Gasteiger charge is 2.30. The highest BCUT2D eigenvalue weighted by Crippen LogP contribution is 2.17. The van der Waals surface area contributed by atoms with Gasteiger partial charge in [-0.25, -0.2) is 0 Å². The molecule has 90 valence electrons. The molecule has 1 saturated heterocycles. The van der Waals surface area contributed by atoms with Gasteiger partial charge in [0.2, 0.25) is 0 Å². The van der Waals surface area contributed by atoms with Crippen molar-refractivity contribution in [1.29, 1.82) is 0 Å². The van der Waals surface area contributed by atoms with Crippen LogP contribution in [-0.2, 0) is 0 Å². The van der Waals surface area contributed by atoms with E-state index in [1.807, 2.05) is 14.0 Å². The minimum absolute atomic E-state index is 0.0565. The lowest BCUT2D eigenvalue weighted by Gasteiger charge is -2.33. The summed E-state index contributed by atoms with van der Waals surface area (Å²) in [6.45, 7) is -0.503. The monoisotopic (exact) mass is 223 g/mol. The Balaban J connectivity index is 2.59. The summed E-state index contributed by atoms with van der Waals surface area (Å²) in [5.41, 5.74) is 0. The lowest BCUT2D eigenvalue weighted by atomic mass is 9.90. The van der Waals surface area contributed by atoms with E-state index in [9.17, 15) is 12.9 Å². The summed E-state index contributed by atoms with van der Waals surface area (Å²) < 4.78 is 37.2. The van der Waals surface area contributed by atoms with Gasteiger partial charge in [0, 0.05) is 12.6 Å². The SMILES string of the molecule is CCC1CN(C)CCCN1C[B-](F)(F)F. The van der Waals surface area contributed by atoms with Crippen LogP contribution in [0.15, 0.2) is 0 Å². The van der Waals surface area contributed by atoms with Crippen LogP contribution < -0.4 is 0 Å². The summed E-state index contributed by atoms with van der Waals surface area (Å²) in [5.74, 6) is 0. The Hall–Kier alpha value is -0.225. The number of rotatable bonds is 3. The number of halogens is 3. The van der Waals surface area contributed by atoms with Crippen LogP contribution in [0.5, 0.6) is 0 Å². The van der Waals surface area contributed by atoms with Gasteiger partial charge in [-0.05, 0) is 39.4 Å². The fourth-order valence-corrected chi connectivity index (χ4v) is 2.19. The van der Waals surface area contributed by atoms with Crippen LogP contribution in [0.3, 0.4) is 0 Å². The molecule has 0 amide bonds. The van der Waals surface area contributed by atoms with E-state index >= 15 is 0 Å². The molecular formula is C9H19BF3N2-. The second-order valence-corrected chi connectivity index (χ2v) is 4.38. The summed E-state index contributed by atoms with van der Waals surface area (Å²) in [4.78, 5) is 3.72. The van der Waals surface area contributed by atoms with Gasteiger partial charge in [-0.1, -0.05) is 6.92 Å². The molecule has 0 spiro atoms. The van der Waals surface area contributed by atoms with Gasteiger partial charge in [0.15, 0.2) is 0 Å². The standard InChI is InChI=1S/C9H19BF3N2/c1-3-9-7-14(2)5-4-6-15(9)8-10(11,12)13/h9H,3-8H2,1-2H3/q-1. The molecule has 1 aliphatic rings. The molecule has 0 aliphatic carbocycles. The average molecular weight is 223 g/mol. The maximum Gasteiger partial charge on any atom is 0.492 e. The number of likely N-dealkylation sites (N-methyl/N-ethyl adjacent to an activating group) is 1. The van der Waals surface area contributed by atoms with Gasteiger partial charge in [-0.3, -0.25) is 0 Å². The largest absolute Gasteiger partial charge is 0.492 e. The highest BCUT2D eigenvalue weighted by atomic mass is 19.4. The first-order chi connectivity index (χ1) is 6.92. The molecule has 1 aliphatic heterocycles. The van der Waals surface area contributed by atoms with Gasteiger partial charge in [0.1, 0.15) is 0 Å². The molecule has 1 rings (SSSR count). The lowest BCUT2D eigenvalue weighted by molar-refractivity contribution is 0.192. The van der Waals surface area contributed by atoms with Crippen molar-refractivity contribution >= 4 is 6.98 Å². The Morgan fingerprint density at radius 3 is 2.47 bits per heavy atom. The van der Waals surface area contributed by atoms with E-state index in [1.165, 1.54) is 0 Å². The Morgan fingerprint density at radius 2 is 1.93 bits per heavy atom. The summed E-state index contributed by atoms with van der Waals surface area (Å²) in [6.07, 6.45) is 0.919. The van der Waals surface area contributed by atoms with Crippen LogP contribution >= 0.6 is 0 Å². The molecule has 6 heteroatoms. The van der Waals surface area contributed by atoms with Crippen LogP contribution in [0.25, 0.3) is 0 Å². The number of hydrogen-bond acceptors (Lipinski definition) is 2. The molecular weight excluding hydrogens is 204 g/mol. The molecule has 1 atom stereocenters. The van der Waals surface area contributed by atoms with Crippen molar-refractivity contribution in [3.8, 4) is 0 Å². The van der Waals surface area contributed by atoms with E-state index in [4.69, 9.17) is 0 Å². The third-order valence-electron chi connectivity index (χ3n) is 2.94. The van der Waals surface area contributed by atoms with Gasteiger partial charge in [0.05, 0.1) is 0 Å². The normalized spacial score (nSPS) is 26.6. The van der Waals surface area contributed by atoms with E-state index in [1.54, 1.807) is 4.90 Å². The van der Waals surface area contributed by atoms with Crippen molar-refractivity contribution in [3.63, 3.8) is 0 Å². The van der Waals surface area contributed by atoms with E-state index in [0.29, 0.717) is 6.54 Å². The van der Waals surface area contributed by atoms with Crippen molar-refractivity contribution in [2.45, 2.75) is 25.8 Å². The van der Waals surface area contributed by atoms with E-state index in [2.05, 4.69) is 4.90 Å². The molecule has 1 heterocycles. The van der Waals surface area contributed by atoms with E-state index < -0.39 is 13.4 Å². The fraction of sp³-hybridized carbons (Fsp3) is 1.00. The maximum atomic E-state index is 12.4. The third kappa shape index (κ3) is 4.43. The van der Waals surface area contributed by atoms with Crippen molar-refractivity contribution < 1.29 is 12.9 Å². The predicted octanol–water partition coefficient (Wildman–Crippen LogP) is 1.79. The molecule has 0 aromatic heterocycles. The first kappa shape index (κ1) is 12.8. The fourth-order valence-electron chi connectivity index (χ4n) is 2.19. The van der Waals surface area contributed by atoms with Crippen molar-refractivity contribution in [3.05, 3.63) is 0 Å². The molecule has 0 aromatic carbocycles. The second-order valence-electron chi connectivity index (χ2n) is 4.38. The Bertz CT molecular complexity index is 198. The maximum absolute atomic E-state index is 12.4. The molecule has 0 saturated carbocycles. The molecule has 1 fully saturated rings. The second kappa shape index (κ2) is 5.21. The van der Waals surface area contributed by atoms with E-state index in [-0.39, 0.29) is 6.04 Å². The smallest absolute Gasteiger partial charge is 0.448 e. The highest BCUT2D eigenvalue weighted by molar-refractivity contribution is 6.58. The van der Waals surface area contributed by atoms with Crippen LogP contribution in [0.4, 0.5) is 12.9 Å². The van der Waals surface area contributed by atoms with Crippen molar-refractivity contribution in [2.75, 3.05) is 33.1 Å². The quantitative estimate of drug-likeness (QED) is 0.673. The molecule has 0 bridgehead atoms. The van der Waals surface area contributed by atoms with Crippen LogP contribution in [0.2, 0.25) is 0 Å². The molecule has 15 heavy (non-hydrogen) atoms. The van der Waals surface area contributed by atoms with Gasteiger partial charge in [-0.2, -0.15) is 0 Å². The lowest BCUT2D eigenvalue weighted by Crippen LogP contribution is -2.46. The van der Waals surface area contributed by atoms with Crippen molar-refractivity contribution in [2.24, 2.45) is 0 Å². The Labute approximate surface area is 89.5 Å². The number of nitrogens with zero attached hydrogens (tertiary/aromatic N) is 2. The summed E-state index contributed by atoms with van der Waals surface area (Å²) in [7, 11) is 1.98. The molecule has 2 nitrogen and oxygen atoms in total. The van der Waals surface area contributed by atoms with Crippen LogP contribution in [0, 0.1) is 0 Å². The molecule has 1 unspecified atom stereocenters. The van der Waals surface area contributed by atoms with Gasteiger partial charge < -0.3 is 22.7 Å².